The second-order valence-electron chi connectivity index (χ2n) is 2.15. The minimum atomic E-state index is 0.998. The molecule has 0 unspecified atom stereocenters. The van der Waals surface area contributed by atoms with Crippen molar-refractivity contribution in [3.63, 3.8) is 0 Å². The van der Waals surface area contributed by atoms with Crippen LogP contribution in [-0.2, 0) is 5.75 Å². The maximum Gasteiger partial charge on any atom is 0.103 e. The third-order valence-corrected chi connectivity index (χ3v) is 4.42. The summed E-state index contributed by atoms with van der Waals surface area (Å²) in [5.41, 5.74) is 0. The third-order valence-electron chi connectivity index (χ3n) is 1.32. The number of rotatable bonds is 3. The fraction of sp³-hybridized carbons (Fsp3) is 0.125. The molecule has 0 spiro atoms. The first-order valence-corrected chi connectivity index (χ1v) is 6.24. The van der Waals surface area contributed by atoms with Gasteiger partial charge in [0, 0.05) is 11.6 Å². The molecule has 2 aromatic heterocycles. The van der Waals surface area contributed by atoms with Crippen molar-refractivity contribution in [2.75, 3.05) is 0 Å². The lowest BCUT2D eigenvalue weighted by atomic mass is 10.7. The Morgan fingerprint density at radius 1 is 1.33 bits per heavy atom. The summed E-state index contributed by atoms with van der Waals surface area (Å²) in [6, 6.07) is 4.22. The number of thioether (sulfide) groups is 1. The Morgan fingerprint density at radius 3 is 3.00 bits per heavy atom. The summed E-state index contributed by atoms with van der Waals surface area (Å²) in [7, 11) is 0. The van der Waals surface area contributed by atoms with E-state index in [4.69, 9.17) is 0 Å². The molecule has 0 aromatic carbocycles. The van der Waals surface area contributed by atoms with Crippen LogP contribution in [0.3, 0.4) is 0 Å². The minimum absolute atomic E-state index is 0.998. The Labute approximate surface area is 83.5 Å². The number of nitrogens with zero attached hydrogens (tertiary/aromatic N) is 1. The van der Waals surface area contributed by atoms with E-state index < -0.39 is 0 Å². The van der Waals surface area contributed by atoms with Gasteiger partial charge < -0.3 is 0 Å². The molecule has 0 N–H and O–H groups in total. The zero-order valence-electron chi connectivity index (χ0n) is 6.27. The molecule has 2 rings (SSSR count). The number of hydrogen-bond donors (Lipinski definition) is 0. The van der Waals surface area contributed by atoms with Crippen LogP contribution < -0.4 is 0 Å². The molecule has 0 aliphatic rings. The molecule has 0 fully saturated rings. The van der Waals surface area contributed by atoms with E-state index in [9.17, 15) is 0 Å². The molecule has 62 valence electrons. The van der Waals surface area contributed by atoms with E-state index in [2.05, 4.69) is 22.5 Å². The maximum absolute atomic E-state index is 4.22. The highest BCUT2D eigenvalue weighted by Crippen LogP contribution is 2.27. The summed E-state index contributed by atoms with van der Waals surface area (Å²) >= 11 is 5.35. The molecule has 2 aromatic rings. The predicted molar refractivity (Wildman–Crippen MR) is 56.0 cm³/mol. The third kappa shape index (κ3) is 2.09. The van der Waals surface area contributed by atoms with Crippen molar-refractivity contribution in [1.82, 2.24) is 4.98 Å². The van der Waals surface area contributed by atoms with E-state index in [0.717, 1.165) is 5.75 Å². The average molecular weight is 213 g/mol. The molecular weight excluding hydrogens is 206 g/mol. The summed E-state index contributed by atoms with van der Waals surface area (Å²) in [6.45, 7) is 0. The monoisotopic (exact) mass is 213 g/mol. The maximum atomic E-state index is 4.22. The lowest BCUT2D eigenvalue weighted by molar-refractivity contribution is 1.27. The molecule has 0 radical (unpaired) electrons. The van der Waals surface area contributed by atoms with Crippen molar-refractivity contribution in [2.24, 2.45) is 0 Å². The molecule has 4 heteroatoms. The van der Waals surface area contributed by atoms with Crippen molar-refractivity contribution in [1.29, 1.82) is 0 Å². The Balaban J connectivity index is 1.91. The van der Waals surface area contributed by atoms with Crippen molar-refractivity contribution < 1.29 is 0 Å². The highest BCUT2D eigenvalue weighted by atomic mass is 32.2. The van der Waals surface area contributed by atoms with Crippen LogP contribution in [0.15, 0.2) is 33.3 Å². The van der Waals surface area contributed by atoms with Gasteiger partial charge in [-0.25, -0.2) is 4.98 Å². The zero-order chi connectivity index (χ0) is 8.23. The molecule has 0 atom stereocenters. The molecule has 0 aliphatic carbocycles. The van der Waals surface area contributed by atoms with Gasteiger partial charge in [0.25, 0.3) is 0 Å². The standard InChI is InChI=1S/C8H7NS3/c1-2-8(11-4-1)12-6-7-9-3-5-10-7/h1-5H,6H2. The van der Waals surface area contributed by atoms with Crippen LogP contribution in [0.2, 0.25) is 0 Å². The molecule has 0 saturated heterocycles. The van der Waals surface area contributed by atoms with Crippen molar-refractivity contribution in [3.8, 4) is 0 Å². The van der Waals surface area contributed by atoms with Crippen LogP contribution in [0, 0.1) is 0 Å². The predicted octanol–water partition coefficient (Wildman–Crippen LogP) is 3.50. The van der Waals surface area contributed by atoms with Crippen LogP contribution >= 0.6 is 34.4 Å². The van der Waals surface area contributed by atoms with Crippen molar-refractivity contribution >= 4 is 34.4 Å². The Bertz CT molecular complexity index is 278. The van der Waals surface area contributed by atoms with E-state index >= 15 is 0 Å². The summed E-state index contributed by atoms with van der Waals surface area (Å²) in [4.78, 5) is 4.22. The van der Waals surface area contributed by atoms with Crippen molar-refractivity contribution in [2.45, 2.75) is 9.96 Å². The number of thiophene rings is 1. The second-order valence-corrected chi connectivity index (χ2v) is 5.35. The van der Waals surface area contributed by atoms with E-state index in [1.165, 1.54) is 9.22 Å². The van der Waals surface area contributed by atoms with E-state index in [-0.39, 0.29) is 0 Å². The van der Waals surface area contributed by atoms with Gasteiger partial charge in [-0.3, -0.25) is 0 Å². The van der Waals surface area contributed by atoms with Crippen LogP contribution in [0.4, 0.5) is 0 Å². The van der Waals surface area contributed by atoms with Crippen LogP contribution in [-0.4, -0.2) is 4.98 Å². The fourth-order valence-electron chi connectivity index (χ4n) is 0.803. The number of aromatic nitrogens is 1. The summed E-state index contributed by atoms with van der Waals surface area (Å²) in [5.74, 6) is 0.998. The molecule has 12 heavy (non-hydrogen) atoms. The van der Waals surface area contributed by atoms with Crippen LogP contribution in [0.25, 0.3) is 0 Å². The summed E-state index contributed by atoms with van der Waals surface area (Å²) in [6.07, 6.45) is 1.86. The van der Waals surface area contributed by atoms with Gasteiger partial charge in [0.1, 0.15) is 5.01 Å². The Hall–Kier alpha value is -0.320. The molecular formula is C8H7NS3. The highest BCUT2D eigenvalue weighted by Gasteiger charge is 1.97. The highest BCUT2D eigenvalue weighted by molar-refractivity contribution is 8.00. The zero-order valence-corrected chi connectivity index (χ0v) is 8.72. The van der Waals surface area contributed by atoms with Crippen LogP contribution in [0.5, 0.6) is 0 Å². The van der Waals surface area contributed by atoms with Gasteiger partial charge in [-0.15, -0.1) is 34.4 Å². The van der Waals surface area contributed by atoms with Gasteiger partial charge >= 0.3 is 0 Å². The fourth-order valence-corrected chi connectivity index (χ4v) is 3.23. The lowest BCUT2D eigenvalue weighted by Gasteiger charge is -1.92. The molecule has 1 nitrogen and oxygen atoms in total. The average Bonchev–Trinajstić information content (AvgIpc) is 2.74. The smallest absolute Gasteiger partial charge is 0.103 e. The second kappa shape index (κ2) is 4.07. The first-order valence-electron chi connectivity index (χ1n) is 3.50. The topological polar surface area (TPSA) is 12.9 Å². The summed E-state index contributed by atoms with van der Waals surface area (Å²) in [5, 5.41) is 5.32. The van der Waals surface area contributed by atoms with Crippen LogP contribution in [0.1, 0.15) is 5.01 Å². The van der Waals surface area contributed by atoms with Gasteiger partial charge in [-0.1, -0.05) is 6.07 Å². The van der Waals surface area contributed by atoms with E-state index in [0.29, 0.717) is 0 Å². The largest absolute Gasteiger partial charge is 0.249 e. The number of hydrogen-bond acceptors (Lipinski definition) is 4. The number of thiazole rings is 1. The Kier molecular flexibility index (Phi) is 2.81. The van der Waals surface area contributed by atoms with Gasteiger partial charge in [-0.2, -0.15) is 0 Å². The molecule has 0 amide bonds. The first-order chi connectivity index (χ1) is 5.95. The minimum Gasteiger partial charge on any atom is -0.249 e. The van der Waals surface area contributed by atoms with Crippen molar-refractivity contribution in [3.05, 3.63) is 34.1 Å². The Morgan fingerprint density at radius 2 is 2.33 bits per heavy atom. The molecule has 2 heterocycles. The van der Waals surface area contributed by atoms with Gasteiger partial charge in [0.15, 0.2) is 0 Å². The van der Waals surface area contributed by atoms with Gasteiger partial charge in [-0.05, 0) is 11.4 Å². The summed E-state index contributed by atoms with van der Waals surface area (Å²) < 4.78 is 1.37. The first kappa shape index (κ1) is 8.29. The van der Waals surface area contributed by atoms with E-state index in [1.54, 1.807) is 22.7 Å². The normalized spacial score (nSPS) is 10.3. The van der Waals surface area contributed by atoms with Gasteiger partial charge in [0.2, 0.25) is 0 Å². The molecule has 0 bridgehead atoms. The van der Waals surface area contributed by atoms with E-state index in [1.807, 2.05) is 23.3 Å². The quantitative estimate of drug-likeness (QED) is 0.724. The lowest BCUT2D eigenvalue weighted by Crippen LogP contribution is -1.74. The SMILES string of the molecule is c1csc(SCc2nccs2)c1. The van der Waals surface area contributed by atoms with Gasteiger partial charge in [0.05, 0.1) is 9.96 Å². The molecule has 0 saturated carbocycles. The molecule has 0 aliphatic heterocycles.